The molecule has 4 rings (SSSR count). The van der Waals surface area contributed by atoms with Gasteiger partial charge in [0.1, 0.15) is 10.6 Å². The lowest BCUT2D eigenvalue weighted by Gasteiger charge is -2.30. The summed E-state index contributed by atoms with van der Waals surface area (Å²) in [5, 5.41) is 0. The van der Waals surface area contributed by atoms with Crippen LogP contribution < -0.4 is 0 Å². The fraction of sp³-hybridized carbons (Fsp3) is 0.208. The zero-order valence-corrected chi connectivity index (χ0v) is 16.7. The molecule has 29 heavy (non-hydrogen) atoms. The zero-order chi connectivity index (χ0) is 20.5. The van der Waals surface area contributed by atoms with Gasteiger partial charge in [-0.1, -0.05) is 61.4 Å². The minimum atomic E-state index is -3.68. The summed E-state index contributed by atoms with van der Waals surface area (Å²) in [5.41, 5.74) is 3.01. The summed E-state index contributed by atoms with van der Waals surface area (Å²) in [4.78, 5) is 11.5. The first-order valence-electron chi connectivity index (χ1n) is 9.63. The van der Waals surface area contributed by atoms with Gasteiger partial charge in [-0.15, -0.1) is 0 Å². The van der Waals surface area contributed by atoms with Gasteiger partial charge in [-0.25, -0.2) is 12.8 Å². The molecule has 0 saturated heterocycles. The van der Waals surface area contributed by atoms with Crippen LogP contribution in [0.25, 0.3) is 11.1 Å². The first-order valence-corrected chi connectivity index (χ1v) is 11.1. The van der Waals surface area contributed by atoms with Crippen molar-refractivity contribution in [2.24, 2.45) is 0 Å². The molecule has 0 amide bonds. The highest BCUT2D eigenvalue weighted by atomic mass is 32.2. The van der Waals surface area contributed by atoms with E-state index in [4.69, 9.17) is 0 Å². The summed E-state index contributed by atoms with van der Waals surface area (Å²) in [6, 6.07) is 19.8. The highest BCUT2D eigenvalue weighted by Gasteiger charge is 2.48. The van der Waals surface area contributed by atoms with E-state index in [0.29, 0.717) is 18.4 Å². The number of hydrogen-bond donors (Lipinski definition) is 0. The molecule has 3 nitrogen and oxygen atoms in total. The summed E-state index contributed by atoms with van der Waals surface area (Å²) < 4.78 is 39.4. The molecule has 1 aliphatic rings. The monoisotopic (exact) mass is 408 g/mol. The van der Waals surface area contributed by atoms with Crippen molar-refractivity contribution in [3.8, 4) is 11.1 Å². The minimum absolute atomic E-state index is 0.149. The van der Waals surface area contributed by atoms with Crippen LogP contribution in [0.15, 0.2) is 77.7 Å². The van der Waals surface area contributed by atoms with E-state index < -0.39 is 20.4 Å². The van der Waals surface area contributed by atoms with Gasteiger partial charge in [0.15, 0.2) is 16.1 Å². The van der Waals surface area contributed by atoms with Gasteiger partial charge in [-0.3, -0.25) is 4.79 Å². The highest BCUT2D eigenvalue weighted by molar-refractivity contribution is 7.92. The van der Waals surface area contributed by atoms with Gasteiger partial charge < -0.3 is 0 Å². The van der Waals surface area contributed by atoms with E-state index in [0.717, 1.165) is 35.8 Å². The topological polar surface area (TPSA) is 51.2 Å². The second kappa shape index (κ2) is 7.56. The fourth-order valence-corrected chi connectivity index (χ4v) is 6.53. The van der Waals surface area contributed by atoms with Crippen molar-refractivity contribution in [3.05, 3.63) is 89.7 Å². The van der Waals surface area contributed by atoms with Gasteiger partial charge in [-0.05, 0) is 53.8 Å². The van der Waals surface area contributed by atoms with E-state index in [1.165, 1.54) is 24.3 Å². The van der Waals surface area contributed by atoms with E-state index in [1.54, 1.807) is 6.07 Å². The molecular weight excluding hydrogens is 387 g/mol. The number of carbonyl (C=O) groups is 1. The number of benzene rings is 3. The summed E-state index contributed by atoms with van der Waals surface area (Å²) in [7, 11) is -3.68. The van der Waals surface area contributed by atoms with Crippen LogP contribution in [0, 0.1) is 5.82 Å². The quantitative estimate of drug-likeness (QED) is 0.411. The third-order valence-corrected chi connectivity index (χ3v) is 8.42. The molecule has 0 aromatic heterocycles. The Morgan fingerprint density at radius 3 is 2.07 bits per heavy atom. The molecule has 0 aliphatic heterocycles. The molecule has 1 saturated carbocycles. The Balaban J connectivity index is 1.78. The number of carbonyl (C=O) groups excluding carboxylic acids is 1. The van der Waals surface area contributed by atoms with Crippen LogP contribution in [-0.4, -0.2) is 14.7 Å². The van der Waals surface area contributed by atoms with E-state index in [9.17, 15) is 17.6 Å². The minimum Gasteiger partial charge on any atom is -0.298 e. The molecule has 0 atom stereocenters. The van der Waals surface area contributed by atoms with Gasteiger partial charge >= 0.3 is 0 Å². The standard InChI is InChI=1S/C24H21FO3S/c25-21-11-13-22(14-12-21)29(27,28)24(15-3-4-16-24)20-9-7-18(8-10-20)23-6-2-1-5-19(23)17-26/h1-2,5-14,17H,3-4,15-16H2. The van der Waals surface area contributed by atoms with Crippen molar-refractivity contribution in [3.63, 3.8) is 0 Å². The Bertz CT molecular complexity index is 1130. The second-order valence-electron chi connectivity index (χ2n) is 7.44. The van der Waals surface area contributed by atoms with Crippen LogP contribution in [0.2, 0.25) is 0 Å². The smallest absolute Gasteiger partial charge is 0.188 e. The largest absolute Gasteiger partial charge is 0.298 e. The summed E-state index contributed by atoms with van der Waals surface area (Å²) in [6.45, 7) is 0. The van der Waals surface area contributed by atoms with E-state index in [1.807, 2.05) is 42.5 Å². The molecule has 1 fully saturated rings. The lowest BCUT2D eigenvalue weighted by Crippen LogP contribution is -2.33. The predicted molar refractivity (Wildman–Crippen MR) is 111 cm³/mol. The van der Waals surface area contributed by atoms with Crippen LogP contribution in [0.3, 0.4) is 0 Å². The lowest BCUT2D eigenvalue weighted by molar-refractivity contribution is 0.112. The normalized spacial score (nSPS) is 15.9. The second-order valence-corrected chi connectivity index (χ2v) is 9.70. The van der Waals surface area contributed by atoms with Gasteiger partial charge in [0.25, 0.3) is 0 Å². The molecule has 0 N–H and O–H groups in total. The maximum Gasteiger partial charge on any atom is 0.188 e. The van der Waals surface area contributed by atoms with Crippen LogP contribution in [0.4, 0.5) is 4.39 Å². The predicted octanol–water partition coefficient (Wildman–Crippen LogP) is 5.55. The first kappa shape index (κ1) is 19.5. The maximum atomic E-state index is 13.6. The van der Waals surface area contributed by atoms with Crippen LogP contribution in [0.1, 0.15) is 41.6 Å². The van der Waals surface area contributed by atoms with Crippen molar-refractivity contribution < 1.29 is 17.6 Å². The van der Waals surface area contributed by atoms with Gasteiger partial charge in [0, 0.05) is 5.56 Å². The van der Waals surface area contributed by atoms with Crippen LogP contribution in [0.5, 0.6) is 0 Å². The molecule has 0 bridgehead atoms. The molecular formula is C24H21FO3S. The van der Waals surface area contributed by atoms with Gasteiger partial charge in [0.05, 0.1) is 4.90 Å². The maximum absolute atomic E-state index is 13.6. The van der Waals surface area contributed by atoms with Crippen molar-refractivity contribution in [1.82, 2.24) is 0 Å². The van der Waals surface area contributed by atoms with E-state index in [-0.39, 0.29) is 4.90 Å². The van der Waals surface area contributed by atoms with Crippen molar-refractivity contribution >= 4 is 16.1 Å². The fourth-order valence-electron chi connectivity index (χ4n) is 4.31. The molecule has 3 aromatic carbocycles. The average molecular weight is 408 g/mol. The molecule has 3 aromatic rings. The Kier molecular flexibility index (Phi) is 5.09. The molecule has 0 spiro atoms. The first-order chi connectivity index (χ1) is 14.0. The van der Waals surface area contributed by atoms with Gasteiger partial charge in [0.2, 0.25) is 0 Å². The van der Waals surface area contributed by atoms with Crippen LogP contribution >= 0.6 is 0 Å². The SMILES string of the molecule is O=Cc1ccccc1-c1ccc(C2(S(=O)(=O)c3ccc(F)cc3)CCCC2)cc1. The number of halogens is 1. The zero-order valence-electron chi connectivity index (χ0n) is 15.8. The third-order valence-electron chi connectivity index (χ3n) is 5.86. The summed E-state index contributed by atoms with van der Waals surface area (Å²) in [5.74, 6) is -0.456. The Morgan fingerprint density at radius 2 is 1.45 bits per heavy atom. The average Bonchev–Trinajstić information content (AvgIpc) is 3.26. The Labute approximate surface area is 170 Å². The Morgan fingerprint density at radius 1 is 0.828 bits per heavy atom. The Hall–Kier alpha value is -2.79. The van der Waals surface area contributed by atoms with Crippen molar-refractivity contribution in [1.29, 1.82) is 0 Å². The third kappa shape index (κ3) is 3.29. The number of sulfone groups is 1. The molecule has 0 unspecified atom stereocenters. The van der Waals surface area contributed by atoms with Gasteiger partial charge in [-0.2, -0.15) is 0 Å². The molecule has 0 heterocycles. The lowest BCUT2D eigenvalue weighted by atomic mass is 9.93. The van der Waals surface area contributed by atoms with Crippen molar-refractivity contribution in [2.75, 3.05) is 0 Å². The van der Waals surface area contributed by atoms with Crippen LogP contribution in [-0.2, 0) is 14.6 Å². The highest BCUT2D eigenvalue weighted by Crippen LogP contribution is 2.48. The number of hydrogen-bond acceptors (Lipinski definition) is 3. The van der Waals surface area contributed by atoms with E-state index in [2.05, 4.69) is 0 Å². The van der Waals surface area contributed by atoms with E-state index >= 15 is 0 Å². The number of rotatable bonds is 5. The molecule has 1 aliphatic carbocycles. The van der Waals surface area contributed by atoms with Crippen molar-refractivity contribution in [2.45, 2.75) is 35.3 Å². The molecule has 0 radical (unpaired) electrons. The molecule has 5 heteroatoms. The molecule has 148 valence electrons. The summed E-state index contributed by atoms with van der Waals surface area (Å²) in [6.07, 6.45) is 3.56. The summed E-state index contributed by atoms with van der Waals surface area (Å²) >= 11 is 0. The number of aldehydes is 1.